The van der Waals surface area contributed by atoms with Crippen LogP contribution in [0.1, 0.15) is 57.9 Å². The van der Waals surface area contributed by atoms with Crippen molar-refractivity contribution >= 4 is 44.3 Å². The largest absolute Gasteiger partial charge is 0.490 e. The molecule has 1 heterocycles. The molecule has 0 bridgehead atoms. The van der Waals surface area contributed by atoms with Crippen molar-refractivity contribution in [1.82, 2.24) is 9.62 Å². The van der Waals surface area contributed by atoms with E-state index in [0.717, 1.165) is 43.2 Å². The summed E-state index contributed by atoms with van der Waals surface area (Å²) in [6.07, 6.45) is -0.186. The summed E-state index contributed by atoms with van der Waals surface area (Å²) in [4.78, 5) is 23.5. The van der Waals surface area contributed by atoms with Crippen molar-refractivity contribution in [3.05, 3.63) is 65.2 Å². The fraction of sp³-hybridized carbons (Fsp3) is 0.471. The van der Waals surface area contributed by atoms with E-state index < -0.39 is 45.6 Å². The molecule has 1 amide bonds. The normalized spacial score (nSPS) is 16.9. The number of carbonyl (C=O) groups is 2. The lowest BCUT2D eigenvalue weighted by molar-refractivity contribution is -0.192. The van der Waals surface area contributed by atoms with E-state index in [4.69, 9.17) is 36.7 Å². The first-order valence-electron chi connectivity index (χ1n) is 16.2. The minimum Gasteiger partial charge on any atom is -0.490 e. The van der Waals surface area contributed by atoms with Gasteiger partial charge in [-0.25, -0.2) is 13.2 Å². The number of carbonyl (C=O) groups excluding carboxylic acids is 1. The number of carboxylic acids is 1. The van der Waals surface area contributed by atoms with Crippen LogP contribution in [0.3, 0.4) is 0 Å². The molecule has 0 aromatic heterocycles. The molecule has 17 heteroatoms. The van der Waals surface area contributed by atoms with Crippen LogP contribution in [-0.4, -0.2) is 73.9 Å². The molecule has 5 rings (SSSR count). The molecule has 2 fully saturated rings. The van der Waals surface area contributed by atoms with Gasteiger partial charge in [-0.05, 0) is 99.5 Å². The maximum absolute atomic E-state index is 16.4. The number of nitrogens with zero attached hydrogens (tertiary/aromatic N) is 1. The Bertz CT molecular complexity index is 1810. The van der Waals surface area contributed by atoms with Gasteiger partial charge in [0.15, 0.2) is 6.04 Å². The predicted molar refractivity (Wildman–Crippen MR) is 180 cm³/mol. The third-order valence-electron chi connectivity index (χ3n) is 8.35. The van der Waals surface area contributed by atoms with Crippen LogP contribution >= 0.6 is 11.6 Å². The number of piperidine rings is 1. The molecule has 1 saturated carbocycles. The molecule has 10 nitrogen and oxygen atoms in total. The summed E-state index contributed by atoms with van der Waals surface area (Å²) in [5.74, 6) is -7.07. The monoisotopic (exact) mass is 763 g/mol. The molecule has 3 aromatic rings. The Kier molecular flexibility index (Phi) is 12.8. The van der Waals surface area contributed by atoms with Gasteiger partial charge in [0, 0.05) is 24.7 Å². The summed E-state index contributed by atoms with van der Waals surface area (Å²) in [7, 11) is -4.59. The number of alkyl halides is 5. The van der Waals surface area contributed by atoms with Gasteiger partial charge in [-0.3, -0.25) is 4.79 Å². The van der Waals surface area contributed by atoms with E-state index in [2.05, 4.69) is 4.72 Å². The molecule has 51 heavy (non-hydrogen) atoms. The van der Waals surface area contributed by atoms with Gasteiger partial charge in [0.25, 0.3) is 5.92 Å². The van der Waals surface area contributed by atoms with E-state index in [0.29, 0.717) is 24.0 Å². The zero-order valence-electron chi connectivity index (χ0n) is 27.8. The van der Waals surface area contributed by atoms with Crippen LogP contribution in [0.2, 0.25) is 5.02 Å². The zero-order chi connectivity index (χ0) is 37.7. The average Bonchev–Trinajstić information content (AvgIpc) is 3.57. The number of sulfonamides is 1. The number of ether oxygens (including phenoxy) is 2. The Morgan fingerprint density at radius 2 is 1.53 bits per heavy atom. The summed E-state index contributed by atoms with van der Waals surface area (Å²) in [5.41, 5.74) is 5.35. The van der Waals surface area contributed by atoms with E-state index in [1.54, 1.807) is 32.0 Å². The lowest BCUT2D eigenvalue weighted by Crippen LogP contribution is -2.58. The minimum absolute atomic E-state index is 0.00246. The number of hydrogen-bond donors (Lipinski definition) is 3. The van der Waals surface area contributed by atoms with Crippen LogP contribution in [0.25, 0.3) is 10.8 Å². The summed E-state index contributed by atoms with van der Waals surface area (Å²) in [5, 5.41) is 8.56. The standard InChI is InChI=1S/C32H38ClF2N3O5S.C2HF3O2/c1-20(2)42-29-19-23(9-12-28(29)33)32(34,35)30(31(39)38-15-13-24(36)14-16-38)37-44(40,41)27-11-8-21-17-26(10-7-22(21)18-27)43-25-5-3-4-6-25;3-2(4,5)1(6)7/h7-12,17-20,24-25,30,37H,3-6,13-16,36H2,1-2H3;(H,6,7). The number of nitrogens with one attached hydrogen (secondary N) is 1. The van der Waals surface area contributed by atoms with Crippen molar-refractivity contribution in [2.45, 2.75) is 93.7 Å². The molecule has 1 aliphatic carbocycles. The molecule has 1 unspecified atom stereocenters. The van der Waals surface area contributed by atoms with Crippen LogP contribution in [0.15, 0.2) is 59.5 Å². The number of halogens is 6. The van der Waals surface area contributed by atoms with Crippen molar-refractivity contribution in [2.75, 3.05) is 13.1 Å². The second-order valence-corrected chi connectivity index (χ2v) is 14.8. The van der Waals surface area contributed by atoms with Crippen molar-refractivity contribution < 1.29 is 54.5 Å². The van der Waals surface area contributed by atoms with Gasteiger partial charge >= 0.3 is 12.1 Å². The Morgan fingerprint density at radius 1 is 0.941 bits per heavy atom. The van der Waals surface area contributed by atoms with Gasteiger partial charge in [0.1, 0.15) is 11.5 Å². The highest BCUT2D eigenvalue weighted by Gasteiger charge is 2.50. The van der Waals surface area contributed by atoms with Crippen LogP contribution in [0, 0.1) is 0 Å². The van der Waals surface area contributed by atoms with E-state index in [-0.39, 0.29) is 47.0 Å². The van der Waals surface area contributed by atoms with Crippen molar-refractivity contribution in [1.29, 1.82) is 0 Å². The number of rotatable bonds is 10. The van der Waals surface area contributed by atoms with E-state index in [1.165, 1.54) is 23.1 Å². The second-order valence-electron chi connectivity index (χ2n) is 12.6. The quantitative estimate of drug-likeness (QED) is 0.195. The highest BCUT2D eigenvalue weighted by Crippen LogP contribution is 2.39. The predicted octanol–water partition coefficient (Wildman–Crippen LogP) is 6.62. The third kappa shape index (κ3) is 10.4. The van der Waals surface area contributed by atoms with Gasteiger partial charge < -0.3 is 25.2 Å². The Labute approximate surface area is 297 Å². The molecule has 0 radical (unpaired) electrons. The van der Waals surface area contributed by atoms with Gasteiger partial charge in [-0.2, -0.15) is 26.7 Å². The molecular formula is C34H39ClF5N3O7S. The SMILES string of the molecule is CC(C)Oc1cc(C(F)(F)C(NS(=O)(=O)c2ccc3cc(OC4CCCC4)ccc3c2)C(=O)N2CCC(N)CC2)ccc1Cl.O=C(O)C(F)(F)F. The lowest BCUT2D eigenvalue weighted by atomic mass is 9.98. The fourth-order valence-corrected chi connectivity index (χ4v) is 7.05. The van der Waals surface area contributed by atoms with Crippen LogP contribution in [-0.2, 0) is 25.5 Å². The topological polar surface area (TPSA) is 148 Å². The lowest BCUT2D eigenvalue weighted by Gasteiger charge is -2.35. The van der Waals surface area contributed by atoms with Crippen molar-refractivity contribution in [3.63, 3.8) is 0 Å². The van der Waals surface area contributed by atoms with Gasteiger partial charge in [0.2, 0.25) is 15.9 Å². The summed E-state index contributed by atoms with van der Waals surface area (Å²) in [6, 6.07) is 10.4. The maximum atomic E-state index is 16.4. The zero-order valence-corrected chi connectivity index (χ0v) is 29.3. The van der Waals surface area contributed by atoms with Gasteiger partial charge in [-0.1, -0.05) is 29.8 Å². The first-order chi connectivity index (χ1) is 23.8. The van der Waals surface area contributed by atoms with Crippen LogP contribution < -0.4 is 19.9 Å². The fourth-order valence-electron chi connectivity index (χ4n) is 5.67. The number of hydrogen-bond acceptors (Lipinski definition) is 7. The summed E-state index contributed by atoms with van der Waals surface area (Å²) < 4.78 is 105. The van der Waals surface area contributed by atoms with Crippen LogP contribution in [0.4, 0.5) is 22.0 Å². The number of fused-ring (bicyclic) bond motifs is 1. The van der Waals surface area contributed by atoms with Crippen LogP contribution in [0.5, 0.6) is 11.5 Å². The Morgan fingerprint density at radius 3 is 2.12 bits per heavy atom. The van der Waals surface area contributed by atoms with Gasteiger partial charge in [0.05, 0.1) is 22.1 Å². The molecule has 2 aliphatic rings. The maximum Gasteiger partial charge on any atom is 0.490 e. The smallest absolute Gasteiger partial charge is 0.490 e. The molecule has 1 saturated heterocycles. The second kappa shape index (κ2) is 16.3. The van der Waals surface area contributed by atoms with Gasteiger partial charge in [-0.15, -0.1) is 0 Å². The Hall–Kier alpha value is -3.73. The highest BCUT2D eigenvalue weighted by molar-refractivity contribution is 7.89. The molecular weight excluding hydrogens is 725 g/mol. The molecule has 4 N–H and O–H groups in total. The van der Waals surface area contributed by atoms with E-state index in [1.807, 2.05) is 6.07 Å². The number of nitrogens with two attached hydrogens (primary N) is 1. The third-order valence-corrected chi connectivity index (χ3v) is 10.1. The number of benzene rings is 3. The summed E-state index contributed by atoms with van der Waals surface area (Å²) >= 11 is 6.18. The van der Waals surface area contributed by atoms with E-state index in [9.17, 15) is 26.4 Å². The molecule has 0 spiro atoms. The number of amides is 1. The molecule has 1 atom stereocenters. The first kappa shape index (κ1) is 40.0. The van der Waals surface area contributed by atoms with Crippen molar-refractivity contribution in [2.24, 2.45) is 5.73 Å². The highest BCUT2D eigenvalue weighted by atomic mass is 35.5. The number of carboxylic acid groups (broad SMARTS) is 1. The van der Waals surface area contributed by atoms with E-state index >= 15 is 8.78 Å². The minimum atomic E-state index is -5.08. The Balaban J connectivity index is 0.000000755. The number of likely N-dealkylation sites (tertiary alicyclic amines) is 1. The van der Waals surface area contributed by atoms with Crippen molar-refractivity contribution in [3.8, 4) is 11.5 Å². The number of aliphatic carboxylic acids is 1. The molecule has 3 aromatic carbocycles. The summed E-state index contributed by atoms with van der Waals surface area (Å²) in [6.45, 7) is 3.71. The average molecular weight is 764 g/mol. The molecule has 280 valence electrons. The first-order valence-corrected chi connectivity index (χ1v) is 18.1. The molecule has 1 aliphatic heterocycles.